The van der Waals surface area contributed by atoms with Crippen molar-refractivity contribution in [2.45, 2.75) is 0 Å². The molecule has 0 saturated carbocycles. The number of aromatic nitrogens is 1. The number of pyridine rings is 1. The Bertz CT molecular complexity index is 895. The molecule has 0 saturated heterocycles. The van der Waals surface area contributed by atoms with Crippen molar-refractivity contribution in [3.63, 3.8) is 0 Å². The van der Waals surface area contributed by atoms with E-state index in [2.05, 4.69) is 65.6 Å². The topological polar surface area (TPSA) is 12.9 Å². The van der Waals surface area contributed by atoms with Gasteiger partial charge in [-0.1, -0.05) is 66.7 Å². The Hall–Kier alpha value is -2.67. The molecule has 1 heterocycles. The fraction of sp³-hybridized carbons (Fsp3) is 0. The van der Waals surface area contributed by atoms with Crippen LogP contribution >= 0.6 is 0 Å². The second-order valence-corrected chi connectivity index (χ2v) is 4.94. The largest absolute Gasteiger partial charge is 0.263 e. The maximum absolute atomic E-state index is 4.40. The fourth-order valence-electron chi connectivity index (χ4n) is 2.79. The SMILES string of the molecule is c1ccc(-c2cncc3ccc4ccccc4c23)cc1. The lowest BCUT2D eigenvalue weighted by Crippen LogP contribution is -1.85. The molecule has 0 aliphatic rings. The molecule has 4 aromatic rings. The van der Waals surface area contributed by atoms with Crippen molar-refractivity contribution in [2.24, 2.45) is 0 Å². The fourth-order valence-corrected chi connectivity index (χ4v) is 2.79. The Balaban J connectivity index is 2.19. The third-order valence-corrected chi connectivity index (χ3v) is 3.73. The molecule has 0 unspecified atom stereocenters. The third kappa shape index (κ3) is 1.68. The minimum atomic E-state index is 1.19. The van der Waals surface area contributed by atoms with E-state index in [0.29, 0.717) is 0 Å². The summed E-state index contributed by atoms with van der Waals surface area (Å²) in [5, 5.41) is 5.02. The van der Waals surface area contributed by atoms with Crippen LogP contribution in [0.3, 0.4) is 0 Å². The van der Waals surface area contributed by atoms with Gasteiger partial charge in [-0.25, -0.2) is 0 Å². The Labute approximate surface area is 117 Å². The van der Waals surface area contributed by atoms with Crippen LogP contribution in [0, 0.1) is 0 Å². The predicted octanol–water partition coefficient (Wildman–Crippen LogP) is 5.06. The molecule has 0 atom stereocenters. The van der Waals surface area contributed by atoms with Crippen LogP contribution in [0.1, 0.15) is 0 Å². The van der Waals surface area contributed by atoms with Gasteiger partial charge in [0.05, 0.1) is 0 Å². The van der Waals surface area contributed by atoms with Crippen LogP contribution in [0.25, 0.3) is 32.7 Å². The van der Waals surface area contributed by atoms with Crippen molar-refractivity contribution in [3.8, 4) is 11.1 Å². The minimum Gasteiger partial charge on any atom is -0.263 e. The summed E-state index contributed by atoms with van der Waals surface area (Å²) >= 11 is 0. The first kappa shape index (κ1) is 11.2. The van der Waals surface area contributed by atoms with Crippen LogP contribution in [0.5, 0.6) is 0 Å². The molecular weight excluding hydrogens is 242 g/mol. The maximum atomic E-state index is 4.40. The first-order valence-electron chi connectivity index (χ1n) is 6.74. The average molecular weight is 255 g/mol. The Morgan fingerprint density at radius 1 is 0.600 bits per heavy atom. The van der Waals surface area contributed by atoms with E-state index in [9.17, 15) is 0 Å². The summed E-state index contributed by atoms with van der Waals surface area (Å²) in [4.78, 5) is 4.40. The lowest BCUT2D eigenvalue weighted by molar-refractivity contribution is 1.36. The highest BCUT2D eigenvalue weighted by Gasteiger charge is 2.07. The zero-order valence-electron chi connectivity index (χ0n) is 11.0. The van der Waals surface area contributed by atoms with Crippen molar-refractivity contribution < 1.29 is 0 Å². The molecule has 1 nitrogen and oxygen atoms in total. The molecule has 1 heteroatoms. The monoisotopic (exact) mass is 255 g/mol. The summed E-state index contributed by atoms with van der Waals surface area (Å²) < 4.78 is 0. The van der Waals surface area contributed by atoms with Gasteiger partial charge in [0, 0.05) is 28.7 Å². The minimum absolute atomic E-state index is 1.19. The van der Waals surface area contributed by atoms with Crippen LogP contribution in [0.2, 0.25) is 0 Å². The Morgan fingerprint density at radius 2 is 1.35 bits per heavy atom. The second kappa shape index (κ2) is 4.46. The average Bonchev–Trinajstić information content (AvgIpc) is 2.55. The lowest BCUT2D eigenvalue weighted by atomic mass is 9.96. The normalized spacial score (nSPS) is 11.0. The summed E-state index contributed by atoms with van der Waals surface area (Å²) in [6.07, 6.45) is 3.90. The number of rotatable bonds is 1. The standard InChI is InChI=1S/C19H13N/c1-2-6-14(7-3-1)18-13-20-12-16-11-10-15-8-4-5-9-17(15)19(16)18/h1-13H. The zero-order valence-corrected chi connectivity index (χ0v) is 11.0. The van der Waals surface area contributed by atoms with Gasteiger partial charge >= 0.3 is 0 Å². The van der Waals surface area contributed by atoms with Gasteiger partial charge in [0.25, 0.3) is 0 Å². The zero-order chi connectivity index (χ0) is 13.4. The Kier molecular flexibility index (Phi) is 2.49. The third-order valence-electron chi connectivity index (χ3n) is 3.73. The maximum Gasteiger partial charge on any atom is 0.0353 e. The van der Waals surface area contributed by atoms with Crippen molar-refractivity contribution in [1.29, 1.82) is 0 Å². The molecule has 94 valence electrons. The lowest BCUT2D eigenvalue weighted by Gasteiger charge is -2.09. The quantitative estimate of drug-likeness (QED) is 0.433. The summed E-state index contributed by atoms with van der Waals surface area (Å²) in [5.74, 6) is 0. The van der Waals surface area contributed by atoms with Gasteiger partial charge in [-0.15, -0.1) is 0 Å². The number of fused-ring (bicyclic) bond motifs is 3. The molecule has 4 rings (SSSR count). The molecule has 3 aromatic carbocycles. The van der Waals surface area contributed by atoms with E-state index in [0.717, 1.165) is 0 Å². The number of benzene rings is 3. The molecule has 0 bridgehead atoms. The molecule has 1 aromatic heterocycles. The van der Waals surface area contributed by atoms with E-state index < -0.39 is 0 Å². The molecule has 0 radical (unpaired) electrons. The van der Waals surface area contributed by atoms with Crippen LogP contribution in [-0.4, -0.2) is 4.98 Å². The molecule has 0 aliphatic carbocycles. The van der Waals surface area contributed by atoms with Gasteiger partial charge in [0.2, 0.25) is 0 Å². The van der Waals surface area contributed by atoms with Crippen molar-refractivity contribution >= 4 is 21.5 Å². The van der Waals surface area contributed by atoms with Crippen LogP contribution < -0.4 is 0 Å². The molecular formula is C19H13N. The van der Waals surface area contributed by atoms with Crippen LogP contribution in [0.15, 0.2) is 79.1 Å². The molecule has 0 spiro atoms. The van der Waals surface area contributed by atoms with Gasteiger partial charge in [-0.3, -0.25) is 4.98 Å². The predicted molar refractivity (Wildman–Crippen MR) is 84.7 cm³/mol. The summed E-state index contributed by atoms with van der Waals surface area (Å²) in [6, 6.07) is 23.3. The van der Waals surface area contributed by atoms with E-state index in [-0.39, 0.29) is 0 Å². The van der Waals surface area contributed by atoms with Crippen molar-refractivity contribution in [1.82, 2.24) is 4.98 Å². The van der Waals surface area contributed by atoms with Crippen molar-refractivity contribution in [2.75, 3.05) is 0 Å². The first-order chi connectivity index (χ1) is 9.93. The van der Waals surface area contributed by atoms with E-state index in [4.69, 9.17) is 0 Å². The Morgan fingerprint density at radius 3 is 2.25 bits per heavy atom. The summed E-state index contributed by atoms with van der Waals surface area (Å²) in [5.41, 5.74) is 2.40. The van der Waals surface area contributed by atoms with Gasteiger partial charge in [0.15, 0.2) is 0 Å². The van der Waals surface area contributed by atoms with E-state index in [1.165, 1.54) is 32.7 Å². The highest BCUT2D eigenvalue weighted by Crippen LogP contribution is 2.33. The number of nitrogens with zero attached hydrogens (tertiary/aromatic N) is 1. The molecule has 0 amide bonds. The first-order valence-corrected chi connectivity index (χ1v) is 6.74. The van der Waals surface area contributed by atoms with Gasteiger partial charge in [-0.2, -0.15) is 0 Å². The van der Waals surface area contributed by atoms with E-state index >= 15 is 0 Å². The van der Waals surface area contributed by atoms with Gasteiger partial charge in [0.1, 0.15) is 0 Å². The second-order valence-electron chi connectivity index (χ2n) is 4.94. The van der Waals surface area contributed by atoms with E-state index in [1.807, 2.05) is 18.5 Å². The highest BCUT2D eigenvalue weighted by atomic mass is 14.6. The molecule has 20 heavy (non-hydrogen) atoms. The number of hydrogen-bond acceptors (Lipinski definition) is 1. The highest BCUT2D eigenvalue weighted by molar-refractivity contribution is 6.13. The molecule has 0 fully saturated rings. The molecule has 0 aliphatic heterocycles. The van der Waals surface area contributed by atoms with Crippen LogP contribution in [0.4, 0.5) is 0 Å². The van der Waals surface area contributed by atoms with E-state index in [1.54, 1.807) is 0 Å². The summed E-state index contributed by atoms with van der Waals surface area (Å²) in [7, 11) is 0. The number of hydrogen-bond donors (Lipinski definition) is 0. The smallest absolute Gasteiger partial charge is 0.0353 e. The summed E-state index contributed by atoms with van der Waals surface area (Å²) in [6.45, 7) is 0. The van der Waals surface area contributed by atoms with Gasteiger partial charge in [-0.05, 0) is 16.3 Å². The molecule has 0 N–H and O–H groups in total. The van der Waals surface area contributed by atoms with Crippen LogP contribution in [-0.2, 0) is 0 Å². The van der Waals surface area contributed by atoms with Crippen molar-refractivity contribution in [3.05, 3.63) is 79.1 Å². The van der Waals surface area contributed by atoms with Gasteiger partial charge < -0.3 is 0 Å².